The predicted octanol–water partition coefficient (Wildman–Crippen LogP) is 0.812. The lowest BCUT2D eigenvalue weighted by Gasteiger charge is -2.13. The molecule has 0 spiro atoms. The van der Waals surface area contributed by atoms with Crippen LogP contribution < -0.4 is 11.1 Å². The molecular weight excluding hydrogens is 202 g/mol. The first-order chi connectivity index (χ1) is 7.78. The molecular formula is C11H19N5. The summed E-state index contributed by atoms with van der Waals surface area (Å²) in [5.74, 6) is 1.95. The Morgan fingerprint density at radius 2 is 2.44 bits per heavy atom. The van der Waals surface area contributed by atoms with Gasteiger partial charge in [-0.1, -0.05) is 6.92 Å². The van der Waals surface area contributed by atoms with E-state index in [1.165, 1.54) is 19.5 Å². The summed E-state index contributed by atoms with van der Waals surface area (Å²) in [5, 5.41) is 3.29. The van der Waals surface area contributed by atoms with Gasteiger partial charge in [0.25, 0.3) is 0 Å². The van der Waals surface area contributed by atoms with Gasteiger partial charge in [0.2, 0.25) is 0 Å². The van der Waals surface area contributed by atoms with Gasteiger partial charge in [0.1, 0.15) is 11.6 Å². The fourth-order valence-electron chi connectivity index (χ4n) is 2.08. The second-order valence-electron chi connectivity index (χ2n) is 4.26. The highest BCUT2D eigenvalue weighted by Gasteiger charge is 2.20. The molecule has 1 unspecified atom stereocenters. The molecule has 1 aliphatic heterocycles. The number of hydrogen-bond acceptors (Lipinski definition) is 5. The summed E-state index contributed by atoms with van der Waals surface area (Å²) >= 11 is 0. The Kier molecular flexibility index (Phi) is 3.56. The molecule has 5 nitrogen and oxygen atoms in total. The molecule has 88 valence electrons. The first-order valence-corrected chi connectivity index (χ1v) is 5.81. The van der Waals surface area contributed by atoms with Gasteiger partial charge in [-0.05, 0) is 25.4 Å². The molecule has 1 atom stereocenters. The first-order valence-electron chi connectivity index (χ1n) is 5.81. The number of likely N-dealkylation sites (tertiary alicyclic amines) is 1. The number of hydrogen-bond donors (Lipinski definition) is 2. The van der Waals surface area contributed by atoms with Crippen molar-refractivity contribution < 1.29 is 0 Å². The Balaban J connectivity index is 1.80. The van der Waals surface area contributed by atoms with E-state index in [9.17, 15) is 0 Å². The SMILES string of the molecule is CCN1CCC(CNc2cncc(N)n2)C1. The summed E-state index contributed by atoms with van der Waals surface area (Å²) in [5.41, 5.74) is 5.56. The molecule has 5 heteroatoms. The molecule has 1 aliphatic rings. The van der Waals surface area contributed by atoms with E-state index in [-0.39, 0.29) is 0 Å². The van der Waals surface area contributed by atoms with Crippen LogP contribution in [-0.4, -0.2) is 41.0 Å². The van der Waals surface area contributed by atoms with Gasteiger partial charge in [0, 0.05) is 13.1 Å². The van der Waals surface area contributed by atoms with Gasteiger partial charge in [0.05, 0.1) is 12.4 Å². The average Bonchev–Trinajstić information content (AvgIpc) is 2.74. The zero-order chi connectivity index (χ0) is 11.4. The van der Waals surface area contributed by atoms with Crippen LogP contribution in [0.2, 0.25) is 0 Å². The molecule has 2 rings (SSSR count). The normalized spacial score (nSPS) is 21.2. The summed E-state index contributed by atoms with van der Waals surface area (Å²) in [4.78, 5) is 10.6. The summed E-state index contributed by atoms with van der Waals surface area (Å²) < 4.78 is 0. The van der Waals surface area contributed by atoms with Gasteiger partial charge in [-0.15, -0.1) is 0 Å². The molecule has 0 amide bonds. The average molecular weight is 221 g/mol. The lowest BCUT2D eigenvalue weighted by atomic mass is 10.1. The molecule has 2 heterocycles. The van der Waals surface area contributed by atoms with Crippen molar-refractivity contribution in [2.75, 3.05) is 37.2 Å². The minimum absolute atomic E-state index is 0.464. The van der Waals surface area contributed by atoms with Crippen LogP contribution >= 0.6 is 0 Å². The van der Waals surface area contributed by atoms with E-state index in [0.29, 0.717) is 11.7 Å². The highest BCUT2D eigenvalue weighted by Crippen LogP contribution is 2.16. The number of nitrogens with one attached hydrogen (secondary N) is 1. The number of aromatic nitrogens is 2. The highest BCUT2D eigenvalue weighted by atomic mass is 15.1. The summed E-state index contributed by atoms with van der Waals surface area (Å²) in [6.07, 6.45) is 4.53. The van der Waals surface area contributed by atoms with Crippen LogP contribution in [0, 0.1) is 5.92 Å². The molecule has 1 saturated heterocycles. The van der Waals surface area contributed by atoms with E-state index >= 15 is 0 Å². The maximum absolute atomic E-state index is 5.56. The number of nitrogens with zero attached hydrogens (tertiary/aromatic N) is 3. The standard InChI is InChI=1S/C11H19N5/c1-2-16-4-3-9(8-16)5-14-11-7-13-6-10(12)15-11/h6-7,9H,2-5,8H2,1H3,(H3,12,14,15). The van der Waals surface area contributed by atoms with E-state index < -0.39 is 0 Å². The summed E-state index contributed by atoms with van der Waals surface area (Å²) in [7, 11) is 0. The lowest BCUT2D eigenvalue weighted by Crippen LogP contribution is -2.22. The van der Waals surface area contributed by atoms with Crippen molar-refractivity contribution in [3.8, 4) is 0 Å². The molecule has 3 N–H and O–H groups in total. The van der Waals surface area contributed by atoms with Crippen LogP contribution in [0.15, 0.2) is 12.4 Å². The first kappa shape index (κ1) is 11.1. The highest BCUT2D eigenvalue weighted by molar-refractivity contribution is 5.38. The third kappa shape index (κ3) is 2.82. The number of nitrogen functional groups attached to an aromatic ring is 1. The summed E-state index contributed by atoms with van der Waals surface area (Å²) in [6, 6.07) is 0. The van der Waals surface area contributed by atoms with Crippen LogP contribution in [0.3, 0.4) is 0 Å². The van der Waals surface area contributed by atoms with Crippen molar-refractivity contribution in [2.24, 2.45) is 5.92 Å². The fourth-order valence-corrected chi connectivity index (χ4v) is 2.08. The molecule has 0 radical (unpaired) electrons. The van der Waals surface area contributed by atoms with E-state index in [4.69, 9.17) is 5.73 Å². The Labute approximate surface area is 96.1 Å². The monoisotopic (exact) mass is 221 g/mol. The topological polar surface area (TPSA) is 67.1 Å². The zero-order valence-corrected chi connectivity index (χ0v) is 9.69. The second kappa shape index (κ2) is 5.12. The quantitative estimate of drug-likeness (QED) is 0.787. The van der Waals surface area contributed by atoms with Gasteiger partial charge in [-0.2, -0.15) is 0 Å². The van der Waals surface area contributed by atoms with E-state index in [1.807, 2.05) is 0 Å². The Hall–Kier alpha value is -1.36. The van der Waals surface area contributed by atoms with Gasteiger partial charge in [-0.3, -0.25) is 4.98 Å². The molecule has 0 saturated carbocycles. The van der Waals surface area contributed by atoms with Crippen molar-refractivity contribution in [2.45, 2.75) is 13.3 Å². The van der Waals surface area contributed by atoms with Crippen molar-refractivity contribution >= 4 is 11.6 Å². The smallest absolute Gasteiger partial charge is 0.146 e. The third-order valence-electron chi connectivity index (χ3n) is 3.04. The van der Waals surface area contributed by atoms with Crippen LogP contribution in [-0.2, 0) is 0 Å². The van der Waals surface area contributed by atoms with Crippen molar-refractivity contribution in [1.82, 2.24) is 14.9 Å². The Morgan fingerprint density at radius 1 is 1.56 bits per heavy atom. The van der Waals surface area contributed by atoms with Crippen LogP contribution in [0.5, 0.6) is 0 Å². The number of rotatable bonds is 4. The molecule has 0 aliphatic carbocycles. The van der Waals surface area contributed by atoms with E-state index in [2.05, 4.69) is 27.1 Å². The molecule has 0 aromatic carbocycles. The maximum Gasteiger partial charge on any atom is 0.146 e. The van der Waals surface area contributed by atoms with Gasteiger partial charge in [0.15, 0.2) is 0 Å². The van der Waals surface area contributed by atoms with Crippen molar-refractivity contribution in [3.05, 3.63) is 12.4 Å². The number of nitrogens with two attached hydrogens (primary N) is 1. The zero-order valence-electron chi connectivity index (χ0n) is 9.69. The molecule has 1 aromatic rings. The number of anilines is 2. The van der Waals surface area contributed by atoms with Crippen LogP contribution in [0.25, 0.3) is 0 Å². The largest absolute Gasteiger partial charge is 0.382 e. The predicted molar refractivity (Wildman–Crippen MR) is 65.2 cm³/mol. The molecule has 16 heavy (non-hydrogen) atoms. The van der Waals surface area contributed by atoms with Gasteiger partial charge in [-0.25, -0.2) is 4.98 Å². The van der Waals surface area contributed by atoms with Crippen LogP contribution in [0.1, 0.15) is 13.3 Å². The molecule has 1 aromatic heterocycles. The minimum atomic E-state index is 0.464. The van der Waals surface area contributed by atoms with Crippen LogP contribution in [0.4, 0.5) is 11.6 Å². The molecule has 0 bridgehead atoms. The van der Waals surface area contributed by atoms with E-state index in [0.717, 1.165) is 18.9 Å². The van der Waals surface area contributed by atoms with E-state index in [1.54, 1.807) is 12.4 Å². The lowest BCUT2D eigenvalue weighted by molar-refractivity contribution is 0.345. The minimum Gasteiger partial charge on any atom is -0.382 e. The Morgan fingerprint density at radius 3 is 3.12 bits per heavy atom. The van der Waals surface area contributed by atoms with Gasteiger partial charge < -0.3 is 16.0 Å². The fraction of sp³-hybridized carbons (Fsp3) is 0.636. The summed E-state index contributed by atoms with van der Waals surface area (Å²) in [6.45, 7) is 6.70. The second-order valence-corrected chi connectivity index (χ2v) is 4.26. The Bertz CT molecular complexity index is 341. The maximum atomic E-state index is 5.56. The van der Waals surface area contributed by atoms with Crippen molar-refractivity contribution in [1.29, 1.82) is 0 Å². The molecule has 1 fully saturated rings. The third-order valence-corrected chi connectivity index (χ3v) is 3.04. The van der Waals surface area contributed by atoms with Crippen molar-refractivity contribution in [3.63, 3.8) is 0 Å². The van der Waals surface area contributed by atoms with Gasteiger partial charge >= 0.3 is 0 Å².